The molecule has 0 aromatic carbocycles. The summed E-state index contributed by atoms with van der Waals surface area (Å²) < 4.78 is 16.5. The van der Waals surface area contributed by atoms with Crippen molar-refractivity contribution in [1.29, 1.82) is 0 Å². The Kier molecular flexibility index (Phi) is 7.36. The molecular formula is C14H23N3O2S. The second-order valence-electron chi connectivity index (χ2n) is 4.62. The van der Waals surface area contributed by atoms with Gasteiger partial charge in [-0.2, -0.15) is 0 Å². The molecule has 112 valence electrons. The molecule has 0 aliphatic carbocycles. The summed E-state index contributed by atoms with van der Waals surface area (Å²) in [6.45, 7) is 3.97. The molecule has 1 rings (SSSR count). The van der Waals surface area contributed by atoms with Crippen molar-refractivity contribution < 1.29 is 8.95 Å². The highest BCUT2D eigenvalue weighted by molar-refractivity contribution is 7.84. The van der Waals surface area contributed by atoms with Gasteiger partial charge in [0, 0.05) is 28.5 Å². The number of aromatic nitrogens is 2. The van der Waals surface area contributed by atoms with Crippen LogP contribution >= 0.6 is 0 Å². The van der Waals surface area contributed by atoms with Crippen LogP contribution in [0.2, 0.25) is 0 Å². The second kappa shape index (κ2) is 8.79. The van der Waals surface area contributed by atoms with E-state index in [1.807, 2.05) is 6.92 Å². The summed E-state index contributed by atoms with van der Waals surface area (Å²) >= 11 is 0. The molecule has 0 saturated heterocycles. The molecule has 1 unspecified atom stereocenters. The van der Waals surface area contributed by atoms with Crippen LogP contribution in [0.15, 0.2) is 11.2 Å². The summed E-state index contributed by atoms with van der Waals surface area (Å²) in [5.74, 6) is 2.43. The van der Waals surface area contributed by atoms with Gasteiger partial charge in [-0.05, 0) is 26.2 Å². The van der Waals surface area contributed by atoms with Crippen LogP contribution in [0.5, 0.6) is 5.75 Å². The number of aryl methyl sites for hydroxylation is 1. The Hall–Kier alpha value is -1.30. The molecule has 0 saturated carbocycles. The SMILES string of the molecule is CCCCC(CCS(C)=O)=Nc1nc(C)ncc1OC. The smallest absolute Gasteiger partial charge is 0.198 e. The Morgan fingerprint density at radius 2 is 2.20 bits per heavy atom. The predicted octanol–water partition coefficient (Wildman–Crippen LogP) is 2.82. The summed E-state index contributed by atoms with van der Waals surface area (Å²) in [5.41, 5.74) is 1.03. The second-order valence-corrected chi connectivity index (χ2v) is 6.17. The van der Waals surface area contributed by atoms with E-state index in [2.05, 4.69) is 21.9 Å². The van der Waals surface area contributed by atoms with Gasteiger partial charge in [0.1, 0.15) is 5.82 Å². The lowest BCUT2D eigenvalue weighted by Crippen LogP contribution is -2.05. The molecule has 0 aliphatic heterocycles. The molecule has 1 aromatic rings. The van der Waals surface area contributed by atoms with Crippen LogP contribution in [0, 0.1) is 6.92 Å². The minimum absolute atomic E-state index is 0.563. The fourth-order valence-corrected chi connectivity index (χ4v) is 2.22. The first-order valence-corrected chi connectivity index (χ1v) is 8.53. The Labute approximate surface area is 123 Å². The van der Waals surface area contributed by atoms with E-state index in [0.29, 0.717) is 23.1 Å². The molecule has 0 aliphatic rings. The fourth-order valence-electron chi connectivity index (χ4n) is 1.70. The summed E-state index contributed by atoms with van der Waals surface area (Å²) in [5, 5.41) is 0. The van der Waals surface area contributed by atoms with Gasteiger partial charge in [-0.1, -0.05) is 13.3 Å². The van der Waals surface area contributed by atoms with Crippen LogP contribution in [0.3, 0.4) is 0 Å². The number of ether oxygens (including phenoxy) is 1. The van der Waals surface area contributed by atoms with E-state index >= 15 is 0 Å². The van der Waals surface area contributed by atoms with Gasteiger partial charge in [-0.3, -0.25) is 4.21 Å². The first-order valence-electron chi connectivity index (χ1n) is 6.81. The zero-order valence-corrected chi connectivity index (χ0v) is 13.5. The maximum absolute atomic E-state index is 11.3. The van der Waals surface area contributed by atoms with Crippen molar-refractivity contribution in [3.05, 3.63) is 12.0 Å². The van der Waals surface area contributed by atoms with E-state index in [9.17, 15) is 4.21 Å². The summed E-state index contributed by atoms with van der Waals surface area (Å²) in [6, 6.07) is 0. The van der Waals surface area contributed by atoms with Gasteiger partial charge in [0.15, 0.2) is 11.6 Å². The lowest BCUT2D eigenvalue weighted by Gasteiger charge is -2.08. The monoisotopic (exact) mass is 297 g/mol. The topological polar surface area (TPSA) is 64.4 Å². The molecular weight excluding hydrogens is 274 g/mol. The van der Waals surface area contributed by atoms with Crippen molar-refractivity contribution in [2.24, 2.45) is 4.99 Å². The van der Waals surface area contributed by atoms with Crippen molar-refractivity contribution in [3.8, 4) is 5.75 Å². The number of methoxy groups -OCH3 is 1. The third kappa shape index (κ3) is 5.77. The van der Waals surface area contributed by atoms with Gasteiger partial charge in [-0.15, -0.1) is 0 Å². The largest absolute Gasteiger partial charge is 0.491 e. The van der Waals surface area contributed by atoms with Crippen molar-refractivity contribution in [2.45, 2.75) is 39.5 Å². The Balaban J connectivity index is 2.97. The summed E-state index contributed by atoms with van der Waals surface area (Å²) in [7, 11) is 0.777. The third-order valence-electron chi connectivity index (χ3n) is 2.84. The lowest BCUT2D eigenvalue weighted by atomic mass is 10.1. The van der Waals surface area contributed by atoms with E-state index in [-0.39, 0.29) is 0 Å². The number of hydrogen-bond donors (Lipinski definition) is 0. The molecule has 0 radical (unpaired) electrons. The van der Waals surface area contributed by atoms with E-state index < -0.39 is 10.8 Å². The van der Waals surface area contributed by atoms with Crippen LogP contribution in [0.4, 0.5) is 5.82 Å². The zero-order chi connectivity index (χ0) is 15.0. The molecule has 0 fully saturated rings. The standard InChI is InChI=1S/C14H23N3O2S/c1-5-6-7-12(8-9-20(4)18)17-14-13(19-3)10-15-11(2)16-14/h10H,5-9H2,1-4H3. The maximum atomic E-state index is 11.3. The quantitative estimate of drug-likeness (QED) is 0.692. The molecule has 1 heterocycles. The average molecular weight is 297 g/mol. The minimum atomic E-state index is -0.806. The Morgan fingerprint density at radius 3 is 2.80 bits per heavy atom. The minimum Gasteiger partial charge on any atom is -0.491 e. The average Bonchev–Trinajstić information content (AvgIpc) is 2.42. The lowest BCUT2D eigenvalue weighted by molar-refractivity contribution is 0.412. The van der Waals surface area contributed by atoms with Crippen LogP contribution in [-0.4, -0.2) is 39.0 Å². The number of rotatable bonds is 8. The molecule has 0 amide bonds. The van der Waals surface area contributed by atoms with E-state index in [0.717, 1.165) is 31.4 Å². The first kappa shape index (κ1) is 16.8. The molecule has 0 bridgehead atoms. The van der Waals surface area contributed by atoms with E-state index in [1.165, 1.54) is 0 Å². The normalized spacial score (nSPS) is 13.3. The summed E-state index contributed by atoms with van der Waals surface area (Å²) in [4.78, 5) is 13.0. The molecule has 1 atom stereocenters. The number of aliphatic imine (C=N–C) groups is 1. The third-order valence-corrected chi connectivity index (χ3v) is 3.62. The van der Waals surface area contributed by atoms with Crippen molar-refractivity contribution >= 4 is 22.3 Å². The van der Waals surface area contributed by atoms with Crippen LogP contribution in [0.25, 0.3) is 0 Å². The zero-order valence-electron chi connectivity index (χ0n) is 12.7. The van der Waals surface area contributed by atoms with Crippen LogP contribution < -0.4 is 4.74 Å². The van der Waals surface area contributed by atoms with Gasteiger partial charge in [0.25, 0.3) is 0 Å². The fraction of sp³-hybridized carbons (Fsp3) is 0.643. The van der Waals surface area contributed by atoms with Gasteiger partial charge < -0.3 is 4.74 Å². The van der Waals surface area contributed by atoms with E-state index in [4.69, 9.17) is 4.74 Å². The predicted molar refractivity (Wildman–Crippen MR) is 83.5 cm³/mol. The van der Waals surface area contributed by atoms with Crippen molar-refractivity contribution in [2.75, 3.05) is 19.1 Å². The Bertz CT molecular complexity index is 489. The number of nitrogens with zero attached hydrogens (tertiary/aromatic N) is 3. The highest BCUT2D eigenvalue weighted by Crippen LogP contribution is 2.24. The molecule has 1 aromatic heterocycles. The van der Waals surface area contributed by atoms with Gasteiger partial charge in [0.05, 0.1) is 13.3 Å². The maximum Gasteiger partial charge on any atom is 0.198 e. The van der Waals surface area contributed by atoms with Crippen molar-refractivity contribution in [3.63, 3.8) is 0 Å². The van der Waals surface area contributed by atoms with Gasteiger partial charge in [-0.25, -0.2) is 15.0 Å². The number of unbranched alkanes of at least 4 members (excludes halogenated alkanes) is 1. The highest BCUT2D eigenvalue weighted by atomic mass is 32.2. The summed E-state index contributed by atoms with van der Waals surface area (Å²) in [6.07, 6.45) is 7.16. The number of hydrogen-bond acceptors (Lipinski definition) is 5. The van der Waals surface area contributed by atoms with Crippen molar-refractivity contribution in [1.82, 2.24) is 9.97 Å². The van der Waals surface area contributed by atoms with Crippen LogP contribution in [-0.2, 0) is 10.8 Å². The molecule has 6 heteroatoms. The first-order chi connectivity index (χ1) is 9.56. The van der Waals surface area contributed by atoms with Gasteiger partial charge in [0.2, 0.25) is 0 Å². The highest BCUT2D eigenvalue weighted by Gasteiger charge is 2.08. The molecule has 20 heavy (non-hydrogen) atoms. The molecule has 0 spiro atoms. The Morgan fingerprint density at radius 1 is 1.45 bits per heavy atom. The molecule has 0 N–H and O–H groups in total. The van der Waals surface area contributed by atoms with E-state index in [1.54, 1.807) is 19.6 Å². The molecule has 5 nitrogen and oxygen atoms in total. The van der Waals surface area contributed by atoms with Gasteiger partial charge >= 0.3 is 0 Å². The van der Waals surface area contributed by atoms with Crippen LogP contribution in [0.1, 0.15) is 38.4 Å².